The first-order chi connectivity index (χ1) is 13.9. The van der Waals surface area contributed by atoms with Crippen molar-refractivity contribution < 1.29 is 4.79 Å². The van der Waals surface area contributed by atoms with Crippen molar-refractivity contribution >= 4 is 46.5 Å². The molecule has 0 spiro atoms. The number of nitrogens with zero attached hydrogens (tertiary/aromatic N) is 3. The number of aryl methyl sites for hydroxylation is 1. The van der Waals surface area contributed by atoms with Crippen molar-refractivity contribution in [2.24, 2.45) is 10.4 Å². The summed E-state index contributed by atoms with van der Waals surface area (Å²) in [5.74, 6) is 3.06. The van der Waals surface area contributed by atoms with Crippen molar-refractivity contribution in [2.75, 3.05) is 29.5 Å². The fourth-order valence-electron chi connectivity index (χ4n) is 4.11. The van der Waals surface area contributed by atoms with Crippen molar-refractivity contribution in [2.45, 2.75) is 26.8 Å². The van der Waals surface area contributed by atoms with Gasteiger partial charge in [-0.1, -0.05) is 29.3 Å². The normalized spacial score (nSPS) is 23.7. The van der Waals surface area contributed by atoms with E-state index in [1.807, 2.05) is 79.0 Å². The minimum absolute atomic E-state index is 0.0621. The zero-order valence-electron chi connectivity index (χ0n) is 17.1. The molecule has 0 saturated carbocycles. The van der Waals surface area contributed by atoms with Gasteiger partial charge < -0.3 is 0 Å². The number of anilines is 1. The molecule has 1 atom stereocenters. The minimum Gasteiger partial charge on any atom is -0.291 e. The van der Waals surface area contributed by atoms with Crippen LogP contribution in [0.4, 0.5) is 11.4 Å². The van der Waals surface area contributed by atoms with Crippen molar-refractivity contribution in [3.8, 4) is 0 Å². The molecule has 1 amide bonds. The van der Waals surface area contributed by atoms with E-state index < -0.39 is 5.41 Å². The molecule has 2 aromatic carbocycles. The van der Waals surface area contributed by atoms with Gasteiger partial charge in [-0.3, -0.25) is 14.6 Å². The lowest BCUT2D eigenvalue weighted by Crippen LogP contribution is -2.51. The van der Waals surface area contributed by atoms with Gasteiger partial charge in [-0.25, -0.2) is 4.99 Å². The maximum Gasteiger partial charge on any atom is 0.240 e. The monoisotopic (exact) mass is 427 g/mol. The Balaban J connectivity index is 1.84. The van der Waals surface area contributed by atoms with Crippen molar-refractivity contribution in [3.05, 3.63) is 59.1 Å². The molecule has 0 radical (unpaired) electrons. The predicted octanol–water partition coefficient (Wildman–Crippen LogP) is 5.17. The molecule has 0 aromatic heterocycles. The highest BCUT2D eigenvalue weighted by Gasteiger charge is 2.54. The molecule has 2 aliphatic heterocycles. The minimum atomic E-state index is -0.557. The number of carbonyl (C=O) groups is 1. The molecule has 6 heteroatoms. The van der Waals surface area contributed by atoms with Crippen LogP contribution in [0.25, 0.3) is 0 Å². The van der Waals surface area contributed by atoms with E-state index in [1.54, 1.807) is 0 Å². The van der Waals surface area contributed by atoms with Gasteiger partial charge in [0.15, 0.2) is 0 Å². The van der Waals surface area contributed by atoms with Gasteiger partial charge in [0.05, 0.1) is 22.8 Å². The number of carbonyl (C=O) groups excluding carboxylic acids is 1. The van der Waals surface area contributed by atoms with Gasteiger partial charge in [-0.2, -0.15) is 11.8 Å². The first kappa shape index (κ1) is 20.5. The van der Waals surface area contributed by atoms with Crippen LogP contribution in [0.15, 0.2) is 53.5 Å². The smallest absolute Gasteiger partial charge is 0.240 e. The zero-order chi connectivity index (χ0) is 20.6. The van der Waals surface area contributed by atoms with Crippen LogP contribution in [0.1, 0.15) is 19.4 Å². The topological polar surface area (TPSA) is 35.9 Å². The summed E-state index contributed by atoms with van der Waals surface area (Å²) in [6.45, 7) is 8.08. The quantitative estimate of drug-likeness (QED) is 0.677. The summed E-state index contributed by atoms with van der Waals surface area (Å²) in [7, 11) is 0. The molecule has 4 rings (SSSR count). The van der Waals surface area contributed by atoms with Crippen LogP contribution in [0.2, 0.25) is 5.02 Å². The average Bonchev–Trinajstić information content (AvgIpc) is 2.90. The molecule has 0 bridgehead atoms. The second kappa shape index (κ2) is 8.13. The third-order valence-corrected chi connectivity index (χ3v) is 6.88. The molecular formula is C23H26ClN3OS. The third kappa shape index (κ3) is 3.96. The molecule has 0 aliphatic carbocycles. The summed E-state index contributed by atoms with van der Waals surface area (Å²) in [6.07, 6.45) is 0. The van der Waals surface area contributed by atoms with Gasteiger partial charge in [0, 0.05) is 29.6 Å². The van der Waals surface area contributed by atoms with Crippen molar-refractivity contribution in [1.29, 1.82) is 0 Å². The summed E-state index contributed by atoms with van der Waals surface area (Å²) >= 11 is 8.03. The van der Waals surface area contributed by atoms with Gasteiger partial charge >= 0.3 is 0 Å². The number of amides is 1. The summed E-state index contributed by atoms with van der Waals surface area (Å²) in [5, 5.41) is 0.678. The number of amidine groups is 1. The van der Waals surface area contributed by atoms with Crippen LogP contribution in [-0.2, 0) is 4.79 Å². The zero-order valence-corrected chi connectivity index (χ0v) is 18.6. The summed E-state index contributed by atoms with van der Waals surface area (Å²) in [4.78, 5) is 22.9. The summed E-state index contributed by atoms with van der Waals surface area (Å²) in [6, 6.07) is 15.5. The van der Waals surface area contributed by atoms with E-state index in [1.165, 1.54) is 5.56 Å². The third-order valence-electron chi connectivity index (χ3n) is 5.68. The van der Waals surface area contributed by atoms with Crippen LogP contribution < -0.4 is 4.90 Å². The molecule has 0 unspecified atom stereocenters. The average molecular weight is 428 g/mol. The number of hydrogen-bond acceptors (Lipinski definition) is 4. The van der Waals surface area contributed by atoms with Crippen LogP contribution in [0.3, 0.4) is 0 Å². The lowest BCUT2D eigenvalue weighted by Gasteiger charge is -2.37. The SMILES string of the molecule is Cc1ccc(N2C(=O)C(C)(C)[C@H](N3CCSCC3)C2=Nc2ccc(Cl)cc2)cc1. The Labute approximate surface area is 181 Å². The Bertz CT molecular complexity index is 918. The van der Waals surface area contributed by atoms with Gasteiger partial charge in [-0.15, -0.1) is 0 Å². The second-order valence-electron chi connectivity index (χ2n) is 8.20. The summed E-state index contributed by atoms with van der Waals surface area (Å²) in [5.41, 5.74) is 2.29. The first-order valence-corrected chi connectivity index (χ1v) is 11.5. The van der Waals surface area contributed by atoms with Crippen LogP contribution in [0, 0.1) is 12.3 Å². The summed E-state index contributed by atoms with van der Waals surface area (Å²) < 4.78 is 0. The number of thioether (sulfide) groups is 1. The maximum absolute atomic E-state index is 13.6. The van der Waals surface area contributed by atoms with E-state index in [9.17, 15) is 4.79 Å². The number of hydrogen-bond donors (Lipinski definition) is 0. The van der Waals surface area contributed by atoms with E-state index in [-0.39, 0.29) is 11.9 Å². The van der Waals surface area contributed by atoms with Crippen LogP contribution >= 0.6 is 23.4 Å². The molecule has 29 heavy (non-hydrogen) atoms. The molecular weight excluding hydrogens is 402 g/mol. The number of halogens is 1. The fourth-order valence-corrected chi connectivity index (χ4v) is 5.17. The largest absolute Gasteiger partial charge is 0.291 e. The van der Waals surface area contributed by atoms with Crippen LogP contribution in [-0.4, -0.2) is 47.3 Å². The molecule has 2 saturated heterocycles. The number of aliphatic imine (C=N–C) groups is 1. The highest BCUT2D eigenvalue weighted by atomic mass is 35.5. The first-order valence-electron chi connectivity index (χ1n) is 9.95. The molecule has 2 aliphatic rings. The molecule has 4 nitrogen and oxygen atoms in total. The van der Waals surface area contributed by atoms with E-state index in [2.05, 4.69) is 11.8 Å². The van der Waals surface area contributed by atoms with Gasteiger partial charge in [-0.05, 0) is 57.2 Å². The molecule has 2 heterocycles. The standard InChI is InChI=1S/C23H26ClN3OS/c1-16-4-10-19(11-5-16)27-21(25-18-8-6-17(24)7-9-18)20(23(2,3)22(27)28)26-12-14-29-15-13-26/h4-11,20H,12-15H2,1-3H3/t20-/m1/s1. The van der Waals surface area contributed by atoms with E-state index in [4.69, 9.17) is 16.6 Å². The van der Waals surface area contributed by atoms with Gasteiger partial charge in [0.1, 0.15) is 5.84 Å². The van der Waals surface area contributed by atoms with E-state index in [0.29, 0.717) is 5.02 Å². The Morgan fingerprint density at radius 3 is 2.28 bits per heavy atom. The van der Waals surface area contributed by atoms with Crippen molar-refractivity contribution in [3.63, 3.8) is 0 Å². The Morgan fingerprint density at radius 1 is 1.03 bits per heavy atom. The van der Waals surface area contributed by atoms with Gasteiger partial charge in [0.25, 0.3) is 0 Å². The lowest BCUT2D eigenvalue weighted by molar-refractivity contribution is -0.125. The lowest BCUT2D eigenvalue weighted by atomic mass is 9.85. The Morgan fingerprint density at radius 2 is 1.66 bits per heavy atom. The molecule has 0 N–H and O–H groups in total. The molecule has 152 valence electrons. The molecule has 2 aromatic rings. The number of benzene rings is 2. The Hall–Kier alpha value is -1.82. The van der Waals surface area contributed by atoms with Crippen LogP contribution in [0.5, 0.6) is 0 Å². The fraction of sp³-hybridized carbons (Fsp3) is 0.391. The second-order valence-corrected chi connectivity index (χ2v) is 9.86. The Kier molecular flexibility index (Phi) is 5.74. The van der Waals surface area contributed by atoms with Crippen molar-refractivity contribution in [1.82, 2.24) is 4.90 Å². The van der Waals surface area contributed by atoms with Gasteiger partial charge in [0.2, 0.25) is 5.91 Å². The highest BCUT2D eigenvalue weighted by Crippen LogP contribution is 2.41. The maximum atomic E-state index is 13.6. The van der Waals surface area contributed by atoms with E-state index >= 15 is 0 Å². The van der Waals surface area contributed by atoms with E-state index in [0.717, 1.165) is 41.8 Å². The molecule has 2 fully saturated rings. The predicted molar refractivity (Wildman–Crippen MR) is 124 cm³/mol. The highest BCUT2D eigenvalue weighted by molar-refractivity contribution is 7.99. The number of rotatable bonds is 3.